The van der Waals surface area contributed by atoms with E-state index >= 15 is 0 Å². The minimum absolute atomic E-state index is 0.206. The molecule has 0 aromatic heterocycles. The van der Waals surface area contributed by atoms with Gasteiger partial charge in [-0.05, 0) is 42.3 Å². The molecule has 25 heavy (non-hydrogen) atoms. The van der Waals surface area contributed by atoms with E-state index in [1.807, 2.05) is 31.2 Å². The number of cyclic esters (lactones) is 1. The highest BCUT2D eigenvalue weighted by Gasteiger charge is 2.24. The Morgan fingerprint density at radius 2 is 2.00 bits per heavy atom. The van der Waals surface area contributed by atoms with Gasteiger partial charge in [0.2, 0.25) is 5.90 Å². The van der Waals surface area contributed by atoms with Crippen LogP contribution in [0.4, 0.5) is 0 Å². The second-order valence-corrected chi connectivity index (χ2v) is 5.55. The molecule has 3 rings (SSSR count). The van der Waals surface area contributed by atoms with Gasteiger partial charge in [0.1, 0.15) is 5.75 Å². The van der Waals surface area contributed by atoms with Crippen molar-refractivity contribution in [2.45, 2.75) is 20.3 Å². The molecule has 2 aromatic carbocycles. The number of hydrogen-bond donors (Lipinski definition) is 0. The van der Waals surface area contributed by atoms with Gasteiger partial charge in [-0.1, -0.05) is 37.3 Å². The van der Waals surface area contributed by atoms with Gasteiger partial charge in [-0.3, -0.25) is 4.79 Å². The van der Waals surface area contributed by atoms with Crippen molar-refractivity contribution in [3.8, 4) is 5.75 Å². The molecule has 0 spiro atoms. The summed E-state index contributed by atoms with van der Waals surface area (Å²) in [7, 11) is 0. The van der Waals surface area contributed by atoms with Crippen molar-refractivity contribution < 1.29 is 19.1 Å². The summed E-state index contributed by atoms with van der Waals surface area (Å²) < 4.78 is 10.5. The molecule has 0 unspecified atom stereocenters. The molecule has 0 aliphatic carbocycles. The van der Waals surface area contributed by atoms with Crippen LogP contribution in [0.5, 0.6) is 5.75 Å². The quantitative estimate of drug-likeness (QED) is 0.486. The molecule has 0 saturated heterocycles. The van der Waals surface area contributed by atoms with E-state index in [0.29, 0.717) is 23.6 Å². The third-order valence-electron chi connectivity index (χ3n) is 3.68. The second kappa shape index (κ2) is 7.13. The number of aliphatic imine (C=N–C) groups is 1. The third kappa shape index (κ3) is 3.83. The van der Waals surface area contributed by atoms with Crippen LogP contribution in [0.2, 0.25) is 0 Å². The van der Waals surface area contributed by atoms with Gasteiger partial charge in [0.25, 0.3) is 0 Å². The molecule has 1 heterocycles. The van der Waals surface area contributed by atoms with Gasteiger partial charge in [-0.15, -0.1) is 0 Å². The summed E-state index contributed by atoms with van der Waals surface area (Å²) >= 11 is 0. The van der Waals surface area contributed by atoms with Crippen LogP contribution < -0.4 is 4.74 Å². The number of ether oxygens (including phenoxy) is 2. The van der Waals surface area contributed by atoms with Crippen molar-refractivity contribution in [3.63, 3.8) is 0 Å². The van der Waals surface area contributed by atoms with Crippen molar-refractivity contribution in [1.29, 1.82) is 0 Å². The van der Waals surface area contributed by atoms with E-state index in [9.17, 15) is 9.59 Å². The Labute approximate surface area is 145 Å². The van der Waals surface area contributed by atoms with Crippen LogP contribution >= 0.6 is 0 Å². The molecule has 126 valence electrons. The number of carbonyl (C=O) groups is 2. The predicted molar refractivity (Wildman–Crippen MR) is 94.2 cm³/mol. The van der Waals surface area contributed by atoms with Crippen LogP contribution in [0, 0.1) is 6.92 Å². The molecule has 1 aliphatic rings. The Bertz CT molecular complexity index is 896. The topological polar surface area (TPSA) is 65.0 Å². The lowest BCUT2D eigenvalue weighted by molar-refractivity contribution is -0.134. The van der Waals surface area contributed by atoms with E-state index in [2.05, 4.69) is 4.99 Å². The standard InChI is InChI=1S/C20H17NO4/c1-3-18(22)24-15-9-6-8-14(11-15)12-17-20(23)25-19(21-17)16-10-5-4-7-13(16)2/h4-12H,3H2,1-2H3/b17-12-. The van der Waals surface area contributed by atoms with E-state index in [-0.39, 0.29) is 11.7 Å². The maximum absolute atomic E-state index is 12.1. The summed E-state index contributed by atoms with van der Waals surface area (Å²) in [6.07, 6.45) is 1.90. The fourth-order valence-electron chi connectivity index (χ4n) is 2.37. The predicted octanol–water partition coefficient (Wildman–Crippen LogP) is 3.65. The minimum atomic E-state index is -0.505. The molecule has 5 nitrogen and oxygen atoms in total. The molecule has 0 N–H and O–H groups in total. The molecule has 0 fully saturated rings. The number of esters is 2. The Balaban J connectivity index is 1.88. The highest BCUT2D eigenvalue weighted by molar-refractivity contribution is 6.13. The van der Waals surface area contributed by atoms with Crippen molar-refractivity contribution in [2.24, 2.45) is 4.99 Å². The van der Waals surface area contributed by atoms with Crippen LogP contribution in [-0.2, 0) is 14.3 Å². The molecule has 2 aromatic rings. The first-order chi connectivity index (χ1) is 12.1. The number of benzene rings is 2. The Morgan fingerprint density at radius 3 is 2.76 bits per heavy atom. The SMILES string of the molecule is CCC(=O)Oc1cccc(/C=C2\N=C(c3ccccc3C)OC2=O)c1. The van der Waals surface area contributed by atoms with Crippen LogP contribution in [0.3, 0.4) is 0 Å². The highest BCUT2D eigenvalue weighted by atomic mass is 16.6. The number of aryl methyl sites for hydroxylation is 1. The molecule has 0 radical (unpaired) electrons. The Morgan fingerprint density at radius 1 is 1.20 bits per heavy atom. The highest BCUT2D eigenvalue weighted by Crippen LogP contribution is 2.22. The van der Waals surface area contributed by atoms with Gasteiger partial charge in [-0.25, -0.2) is 9.79 Å². The first-order valence-electron chi connectivity index (χ1n) is 7.96. The molecular weight excluding hydrogens is 318 g/mol. The van der Waals surface area contributed by atoms with Crippen molar-refractivity contribution in [2.75, 3.05) is 0 Å². The summed E-state index contributed by atoms with van der Waals surface area (Å²) in [6.45, 7) is 3.66. The van der Waals surface area contributed by atoms with E-state index in [1.54, 1.807) is 37.3 Å². The monoisotopic (exact) mass is 335 g/mol. The summed E-state index contributed by atoms with van der Waals surface area (Å²) in [5.74, 6) is -0.0993. The van der Waals surface area contributed by atoms with Gasteiger partial charge in [0.15, 0.2) is 5.70 Å². The van der Waals surface area contributed by atoms with Crippen molar-refractivity contribution in [1.82, 2.24) is 0 Å². The molecule has 0 amide bonds. The summed E-state index contributed by atoms with van der Waals surface area (Å²) in [6, 6.07) is 14.5. The lowest BCUT2D eigenvalue weighted by atomic mass is 10.1. The van der Waals surface area contributed by atoms with Crippen molar-refractivity contribution >= 4 is 23.9 Å². The van der Waals surface area contributed by atoms with E-state index < -0.39 is 5.97 Å². The average molecular weight is 335 g/mol. The fourth-order valence-corrected chi connectivity index (χ4v) is 2.37. The summed E-state index contributed by atoms with van der Waals surface area (Å²) in [5.41, 5.74) is 2.66. The second-order valence-electron chi connectivity index (χ2n) is 5.55. The average Bonchev–Trinajstić information content (AvgIpc) is 2.96. The number of rotatable bonds is 4. The molecular formula is C20H17NO4. The summed E-state index contributed by atoms with van der Waals surface area (Å²) in [4.78, 5) is 27.8. The molecule has 0 bridgehead atoms. The van der Waals surface area contributed by atoms with Crippen LogP contribution in [0.25, 0.3) is 6.08 Å². The zero-order valence-electron chi connectivity index (χ0n) is 14.0. The van der Waals surface area contributed by atoms with Crippen molar-refractivity contribution in [3.05, 3.63) is 70.9 Å². The largest absolute Gasteiger partial charge is 0.427 e. The maximum Gasteiger partial charge on any atom is 0.363 e. The minimum Gasteiger partial charge on any atom is -0.427 e. The van der Waals surface area contributed by atoms with Crippen LogP contribution in [-0.4, -0.2) is 17.8 Å². The number of carbonyl (C=O) groups excluding carboxylic acids is 2. The van der Waals surface area contributed by atoms with Crippen LogP contribution in [0.1, 0.15) is 30.0 Å². The first-order valence-corrected chi connectivity index (χ1v) is 7.96. The lowest BCUT2D eigenvalue weighted by Crippen LogP contribution is -2.06. The van der Waals surface area contributed by atoms with Crippen LogP contribution in [0.15, 0.2) is 59.2 Å². The van der Waals surface area contributed by atoms with Gasteiger partial charge >= 0.3 is 11.9 Å². The molecule has 0 atom stereocenters. The van der Waals surface area contributed by atoms with Gasteiger partial charge in [-0.2, -0.15) is 0 Å². The molecule has 0 saturated carbocycles. The Hall–Kier alpha value is -3.21. The molecule has 1 aliphatic heterocycles. The smallest absolute Gasteiger partial charge is 0.363 e. The summed E-state index contributed by atoms with van der Waals surface area (Å²) in [5, 5.41) is 0. The molecule has 5 heteroatoms. The number of nitrogens with zero attached hydrogens (tertiary/aromatic N) is 1. The lowest BCUT2D eigenvalue weighted by Gasteiger charge is -2.03. The zero-order valence-corrected chi connectivity index (χ0v) is 14.0. The third-order valence-corrected chi connectivity index (χ3v) is 3.68. The normalized spacial score (nSPS) is 15.0. The maximum atomic E-state index is 12.1. The van der Waals surface area contributed by atoms with Gasteiger partial charge < -0.3 is 9.47 Å². The fraction of sp³-hybridized carbons (Fsp3) is 0.150. The van der Waals surface area contributed by atoms with Gasteiger partial charge in [0, 0.05) is 12.0 Å². The van der Waals surface area contributed by atoms with E-state index in [4.69, 9.17) is 9.47 Å². The zero-order chi connectivity index (χ0) is 17.8. The van der Waals surface area contributed by atoms with E-state index in [1.165, 1.54) is 0 Å². The van der Waals surface area contributed by atoms with Gasteiger partial charge in [0.05, 0.1) is 0 Å². The number of hydrogen-bond acceptors (Lipinski definition) is 5. The van der Waals surface area contributed by atoms with E-state index in [0.717, 1.165) is 11.1 Å². The first kappa shape index (κ1) is 16.6. The Kier molecular flexibility index (Phi) is 4.75.